The summed E-state index contributed by atoms with van der Waals surface area (Å²) in [6, 6.07) is 25.4. The van der Waals surface area contributed by atoms with E-state index in [0.29, 0.717) is 11.6 Å². The van der Waals surface area contributed by atoms with Crippen LogP contribution in [0.4, 0.5) is 5.69 Å². The van der Waals surface area contributed by atoms with Crippen molar-refractivity contribution in [2.75, 3.05) is 24.5 Å². The lowest BCUT2D eigenvalue weighted by Gasteiger charge is -2.46. The summed E-state index contributed by atoms with van der Waals surface area (Å²) < 4.78 is 0. The van der Waals surface area contributed by atoms with Gasteiger partial charge in [-0.15, -0.1) is 12.4 Å². The number of piperazine rings is 1. The molecule has 4 nitrogen and oxygen atoms in total. The van der Waals surface area contributed by atoms with Crippen molar-refractivity contribution in [2.24, 2.45) is 0 Å². The number of hydrogen-bond acceptors (Lipinski definition) is 3. The quantitative estimate of drug-likeness (QED) is 0.619. The SMILES string of the molecule is Cl.O=C(O)c1ccc2c(c1)CC[C@@H]1CN(Cc3ccccc3-c3ccccc3)CCN21. The number of carboxylic acids is 1. The number of hydrogen-bond donors (Lipinski definition) is 1. The van der Waals surface area contributed by atoms with Crippen LogP contribution in [0, 0.1) is 0 Å². The number of fused-ring (bicyclic) bond motifs is 3. The van der Waals surface area contributed by atoms with Gasteiger partial charge in [-0.25, -0.2) is 4.79 Å². The van der Waals surface area contributed by atoms with Crippen LogP contribution in [0.1, 0.15) is 27.9 Å². The summed E-state index contributed by atoms with van der Waals surface area (Å²) in [6.45, 7) is 4.00. The van der Waals surface area contributed by atoms with Crippen LogP contribution in [-0.4, -0.2) is 41.7 Å². The molecule has 1 fully saturated rings. The Labute approximate surface area is 189 Å². The number of aryl methyl sites for hydroxylation is 1. The van der Waals surface area contributed by atoms with E-state index in [2.05, 4.69) is 64.4 Å². The molecule has 2 aliphatic heterocycles. The average Bonchev–Trinajstić information content (AvgIpc) is 2.79. The van der Waals surface area contributed by atoms with Gasteiger partial charge in [-0.2, -0.15) is 0 Å². The van der Waals surface area contributed by atoms with Gasteiger partial charge in [0.1, 0.15) is 0 Å². The van der Waals surface area contributed by atoms with Gasteiger partial charge < -0.3 is 10.0 Å². The van der Waals surface area contributed by atoms with E-state index in [9.17, 15) is 9.90 Å². The van der Waals surface area contributed by atoms with Crippen molar-refractivity contribution < 1.29 is 9.90 Å². The minimum Gasteiger partial charge on any atom is -0.478 e. The van der Waals surface area contributed by atoms with Crippen molar-refractivity contribution in [2.45, 2.75) is 25.4 Å². The molecule has 1 saturated heterocycles. The highest BCUT2D eigenvalue weighted by Crippen LogP contribution is 2.34. The molecule has 0 bridgehead atoms. The predicted molar refractivity (Wildman–Crippen MR) is 127 cm³/mol. The molecule has 0 spiro atoms. The maximum absolute atomic E-state index is 11.3. The first-order chi connectivity index (χ1) is 14.7. The summed E-state index contributed by atoms with van der Waals surface area (Å²) in [6.07, 6.45) is 2.03. The monoisotopic (exact) mass is 434 g/mol. The van der Waals surface area contributed by atoms with Crippen molar-refractivity contribution in [1.29, 1.82) is 0 Å². The molecule has 0 saturated carbocycles. The van der Waals surface area contributed by atoms with Gasteiger partial charge in [-0.05, 0) is 53.3 Å². The van der Waals surface area contributed by atoms with Crippen molar-refractivity contribution in [3.8, 4) is 11.1 Å². The molecular formula is C26H27ClN2O2. The second-order valence-electron chi connectivity index (χ2n) is 8.29. The topological polar surface area (TPSA) is 43.8 Å². The molecule has 5 rings (SSSR count). The number of nitrogens with zero attached hydrogens (tertiary/aromatic N) is 2. The van der Waals surface area contributed by atoms with Gasteiger partial charge in [0.05, 0.1) is 5.56 Å². The van der Waals surface area contributed by atoms with E-state index in [1.165, 1.54) is 27.9 Å². The van der Waals surface area contributed by atoms with Crippen LogP contribution in [0.3, 0.4) is 0 Å². The number of halogens is 1. The minimum atomic E-state index is -0.846. The third-order valence-electron chi connectivity index (χ3n) is 6.45. The normalized spacial score (nSPS) is 17.9. The van der Waals surface area contributed by atoms with Crippen molar-refractivity contribution in [1.82, 2.24) is 4.90 Å². The zero-order valence-electron chi connectivity index (χ0n) is 17.4. The maximum Gasteiger partial charge on any atom is 0.335 e. The predicted octanol–water partition coefficient (Wildman–Crippen LogP) is 5.11. The van der Waals surface area contributed by atoms with E-state index in [0.717, 1.165) is 39.0 Å². The zero-order valence-corrected chi connectivity index (χ0v) is 18.2. The van der Waals surface area contributed by atoms with Gasteiger partial charge >= 0.3 is 5.97 Å². The van der Waals surface area contributed by atoms with Crippen molar-refractivity contribution >= 4 is 24.1 Å². The number of aromatic carboxylic acids is 1. The number of benzene rings is 3. The molecule has 1 atom stereocenters. The molecular weight excluding hydrogens is 408 g/mol. The van der Waals surface area contributed by atoms with Gasteiger partial charge in [0, 0.05) is 37.9 Å². The molecule has 3 aromatic carbocycles. The summed E-state index contributed by atoms with van der Waals surface area (Å²) >= 11 is 0. The van der Waals surface area contributed by atoms with Gasteiger partial charge in [0.2, 0.25) is 0 Å². The van der Waals surface area contributed by atoms with Gasteiger partial charge in [-0.3, -0.25) is 4.90 Å². The second kappa shape index (κ2) is 9.13. The summed E-state index contributed by atoms with van der Waals surface area (Å²) in [5.74, 6) is -0.846. The largest absolute Gasteiger partial charge is 0.478 e. The highest BCUT2D eigenvalue weighted by atomic mass is 35.5. The Morgan fingerprint density at radius 2 is 1.74 bits per heavy atom. The molecule has 31 heavy (non-hydrogen) atoms. The lowest BCUT2D eigenvalue weighted by molar-refractivity contribution is 0.0696. The third kappa shape index (κ3) is 4.32. The average molecular weight is 435 g/mol. The fraction of sp³-hybridized carbons (Fsp3) is 0.269. The van der Waals surface area contributed by atoms with Gasteiger partial charge in [-0.1, -0.05) is 54.6 Å². The summed E-state index contributed by atoms with van der Waals surface area (Å²) in [4.78, 5) is 16.4. The standard InChI is InChI=1S/C26H26N2O2.ClH/c29-26(30)21-11-13-25-20(16-21)10-12-23-18-27(14-15-28(23)25)17-22-8-4-5-9-24(22)19-6-2-1-3-7-19;/h1-9,11,13,16,23H,10,12,14-15,17-18H2,(H,29,30);1H/t23-;/m1./s1. The number of carboxylic acid groups (broad SMARTS) is 1. The Hall–Kier alpha value is -2.82. The van der Waals surface area contributed by atoms with Crippen LogP contribution in [0.5, 0.6) is 0 Å². The van der Waals surface area contributed by atoms with E-state index in [1.807, 2.05) is 12.1 Å². The van der Waals surface area contributed by atoms with Gasteiger partial charge in [0.25, 0.3) is 0 Å². The molecule has 0 aromatic heterocycles. The molecule has 2 aliphatic rings. The first-order valence-corrected chi connectivity index (χ1v) is 10.7. The van der Waals surface area contributed by atoms with Gasteiger partial charge in [0.15, 0.2) is 0 Å². The number of anilines is 1. The molecule has 0 amide bonds. The molecule has 0 radical (unpaired) electrons. The summed E-state index contributed by atoms with van der Waals surface area (Å²) in [5.41, 5.74) is 6.75. The third-order valence-corrected chi connectivity index (χ3v) is 6.45. The minimum absolute atomic E-state index is 0. The molecule has 0 unspecified atom stereocenters. The first-order valence-electron chi connectivity index (χ1n) is 10.7. The van der Waals surface area contributed by atoms with Crippen LogP contribution in [0.15, 0.2) is 72.8 Å². The van der Waals surface area contributed by atoms with Crippen LogP contribution < -0.4 is 4.90 Å². The molecule has 160 valence electrons. The Morgan fingerprint density at radius 1 is 0.968 bits per heavy atom. The molecule has 1 N–H and O–H groups in total. The zero-order chi connectivity index (χ0) is 20.5. The van der Waals surface area contributed by atoms with Crippen LogP contribution in [-0.2, 0) is 13.0 Å². The second-order valence-corrected chi connectivity index (χ2v) is 8.29. The van der Waals surface area contributed by atoms with E-state index in [-0.39, 0.29) is 12.4 Å². The fourth-order valence-corrected chi connectivity index (χ4v) is 4.95. The number of carbonyl (C=O) groups is 1. The highest BCUT2D eigenvalue weighted by molar-refractivity contribution is 5.88. The summed E-state index contributed by atoms with van der Waals surface area (Å²) in [5, 5.41) is 9.28. The Kier molecular flexibility index (Phi) is 6.30. The summed E-state index contributed by atoms with van der Waals surface area (Å²) in [7, 11) is 0. The van der Waals surface area contributed by atoms with E-state index >= 15 is 0 Å². The van der Waals surface area contributed by atoms with Crippen LogP contribution in [0.25, 0.3) is 11.1 Å². The van der Waals surface area contributed by atoms with Crippen LogP contribution >= 0.6 is 12.4 Å². The van der Waals surface area contributed by atoms with E-state index in [1.54, 1.807) is 6.07 Å². The maximum atomic E-state index is 11.3. The molecule has 3 aromatic rings. The smallest absolute Gasteiger partial charge is 0.335 e. The van der Waals surface area contributed by atoms with Crippen molar-refractivity contribution in [3.05, 3.63) is 89.5 Å². The molecule has 2 heterocycles. The first kappa shape index (κ1) is 21.4. The Balaban J connectivity index is 0.00000231. The van der Waals surface area contributed by atoms with E-state index < -0.39 is 5.97 Å². The Morgan fingerprint density at radius 3 is 2.55 bits per heavy atom. The lowest BCUT2D eigenvalue weighted by Crippen LogP contribution is -2.54. The van der Waals surface area contributed by atoms with Crippen LogP contribution in [0.2, 0.25) is 0 Å². The highest BCUT2D eigenvalue weighted by Gasteiger charge is 2.32. The molecule has 5 heteroatoms. The van der Waals surface area contributed by atoms with Crippen molar-refractivity contribution in [3.63, 3.8) is 0 Å². The number of rotatable bonds is 4. The fourth-order valence-electron chi connectivity index (χ4n) is 4.95. The van der Waals surface area contributed by atoms with E-state index in [4.69, 9.17) is 0 Å². The lowest BCUT2D eigenvalue weighted by atomic mass is 9.92. The molecule has 0 aliphatic carbocycles. The Bertz CT molecular complexity index is 1070.